The van der Waals surface area contributed by atoms with Crippen LogP contribution in [0.4, 0.5) is 0 Å². The number of aryl methyl sites for hydroxylation is 1. The van der Waals surface area contributed by atoms with Crippen LogP contribution in [0, 0.1) is 0 Å². The Labute approximate surface area is 101 Å². The van der Waals surface area contributed by atoms with Gasteiger partial charge in [0.15, 0.2) is 0 Å². The molecule has 3 heteroatoms. The Morgan fingerprint density at radius 3 is 2.24 bits per heavy atom. The fourth-order valence-electron chi connectivity index (χ4n) is 1.24. The molecule has 0 atom stereocenters. The van der Waals surface area contributed by atoms with Gasteiger partial charge in [0, 0.05) is 12.0 Å². The van der Waals surface area contributed by atoms with E-state index in [1.165, 1.54) is 0 Å². The highest BCUT2D eigenvalue weighted by Gasteiger charge is 2.05. The molecule has 0 radical (unpaired) electrons. The Kier molecular flexibility index (Phi) is 4.64. The van der Waals surface area contributed by atoms with Gasteiger partial charge in [0.05, 0.1) is 0 Å². The number of carbonyl (C=O) groups excluding carboxylic acids is 2. The van der Waals surface area contributed by atoms with Gasteiger partial charge in [0.25, 0.3) is 0 Å². The highest BCUT2D eigenvalue weighted by Crippen LogP contribution is 2.14. The molecule has 0 fully saturated rings. The molecule has 0 bridgehead atoms. The number of hydrogen-bond acceptors (Lipinski definition) is 3. The second-order valence-electron chi connectivity index (χ2n) is 4.02. The molecule has 1 aromatic rings. The van der Waals surface area contributed by atoms with Crippen molar-refractivity contribution in [2.75, 3.05) is 0 Å². The molecule has 0 aromatic heterocycles. The number of ketones is 1. The van der Waals surface area contributed by atoms with Crippen LogP contribution in [0.2, 0.25) is 0 Å². The summed E-state index contributed by atoms with van der Waals surface area (Å²) in [6.45, 7) is 6.68. The van der Waals surface area contributed by atoms with Crippen molar-refractivity contribution in [1.29, 1.82) is 0 Å². The molecule has 3 nitrogen and oxygen atoms in total. The molecule has 0 N–H and O–H groups in total. The van der Waals surface area contributed by atoms with Gasteiger partial charge in [-0.05, 0) is 38.0 Å². The Balaban J connectivity index is 2.58. The van der Waals surface area contributed by atoms with Crippen molar-refractivity contribution in [1.82, 2.24) is 0 Å². The molecule has 1 aromatic carbocycles. The summed E-state index contributed by atoms with van der Waals surface area (Å²) in [5.74, 6) is 0.230. The monoisotopic (exact) mass is 232 g/mol. The molecule has 17 heavy (non-hydrogen) atoms. The van der Waals surface area contributed by atoms with E-state index < -0.39 is 5.97 Å². The second kappa shape index (κ2) is 5.99. The molecule has 0 aliphatic carbocycles. The molecule has 0 spiro atoms. The fraction of sp³-hybridized carbons (Fsp3) is 0.286. The second-order valence-corrected chi connectivity index (χ2v) is 4.02. The number of rotatable bonds is 5. The SMILES string of the molecule is C=C(C)C(=O)Oc1ccc(CCC(C)=O)cc1. The average Bonchev–Trinajstić information content (AvgIpc) is 2.28. The van der Waals surface area contributed by atoms with E-state index in [9.17, 15) is 9.59 Å². The van der Waals surface area contributed by atoms with Crippen LogP contribution in [0.1, 0.15) is 25.8 Å². The van der Waals surface area contributed by atoms with E-state index in [1.807, 2.05) is 12.1 Å². The molecule has 0 amide bonds. The minimum absolute atomic E-state index is 0.169. The summed E-state index contributed by atoms with van der Waals surface area (Å²) >= 11 is 0. The molecular weight excluding hydrogens is 216 g/mol. The van der Waals surface area contributed by atoms with Crippen LogP contribution < -0.4 is 4.74 Å². The van der Waals surface area contributed by atoms with Crippen molar-refractivity contribution in [3.63, 3.8) is 0 Å². The van der Waals surface area contributed by atoms with Crippen LogP contribution in [-0.2, 0) is 16.0 Å². The van der Waals surface area contributed by atoms with E-state index in [1.54, 1.807) is 26.0 Å². The number of carbonyl (C=O) groups is 2. The zero-order valence-corrected chi connectivity index (χ0v) is 10.2. The molecule has 0 aliphatic heterocycles. The third-order valence-corrected chi connectivity index (χ3v) is 2.25. The van der Waals surface area contributed by atoms with Gasteiger partial charge in [-0.25, -0.2) is 4.79 Å². The Hall–Kier alpha value is -1.90. The Morgan fingerprint density at radius 2 is 1.76 bits per heavy atom. The maximum absolute atomic E-state index is 11.2. The fourth-order valence-corrected chi connectivity index (χ4v) is 1.24. The van der Waals surface area contributed by atoms with Gasteiger partial charge in [-0.2, -0.15) is 0 Å². The number of benzene rings is 1. The predicted octanol–water partition coefficient (Wildman–Crippen LogP) is 2.69. The normalized spacial score (nSPS) is 9.76. The van der Waals surface area contributed by atoms with Gasteiger partial charge in [0.1, 0.15) is 11.5 Å². The maximum atomic E-state index is 11.2. The van der Waals surface area contributed by atoms with Crippen molar-refractivity contribution in [2.24, 2.45) is 0 Å². The highest BCUT2D eigenvalue weighted by molar-refractivity contribution is 5.88. The maximum Gasteiger partial charge on any atom is 0.338 e. The Morgan fingerprint density at radius 1 is 1.18 bits per heavy atom. The minimum atomic E-state index is -0.429. The summed E-state index contributed by atoms with van der Waals surface area (Å²) in [6, 6.07) is 7.14. The highest BCUT2D eigenvalue weighted by atomic mass is 16.5. The van der Waals surface area contributed by atoms with Crippen LogP contribution in [0.25, 0.3) is 0 Å². The van der Waals surface area contributed by atoms with E-state index >= 15 is 0 Å². The van der Waals surface area contributed by atoms with Crippen molar-refractivity contribution >= 4 is 11.8 Å². The van der Waals surface area contributed by atoms with Crippen molar-refractivity contribution in [3.8, 4) is 5.75 Å². The van der Waals surface area contributed by atoms with Gasteiger partial charge >= 0.3 is 5.97 Å². The summed E-state index contributed by atoms with van der Waals surface area (Å²) in [6.07, 6.45) is 1.24. The first-order chi connectivity index (χ1) is 7.99. The summed E-state index contributed by atoms with van der Waals surface area (Å²) < 4.78 is 5.05. The molecule has 90 valence electrons. The van der Waals surface area contributed by atoms with Crippen molar-refractivity contribution in [3.05, 3.63) is 42.0 Å². The topological polar surface area (TPSA) is 43.4 Å². The molecule has 0 unspecified atom stereocenters. The van der Waals surface area contributed by atoms with E-state index in [-0.39, 0.29) is 5.78 Å². The summed E-state index contributed by atoms with van der Waals surface area (Å²) in [4.78, 5) is 22.1. The number of esters is 1. The number of Topliss-reactive ketones (excluding diaryl/α,β-unsaturated/α-hetero) is 1. The first kappa shape index (κ1) is 13.2. The molecule has 0 saturated heterocycles. The summed E-state index contributed by atoms with van der Waals surface area (Å²) in [5, 5.41) is 0. The summed E-state index contributed by atoms with van der Waals surface area (Å²) in [5.41, 5.74) is 1.42. The first-order valence-electron chi connectivity index (χ1n) is 5.45. The van der Waals surface area contributed by atoms with E-state index in [0.717, 1.165) is 5.56 Å². The van der Waals surface area contributed by atoms with E-state index in [4.69, 9.17) is 4.74 Å². The van der Waals surface area contributed by atoms with Gasteiger partial charge in [0.2, 0.25) is 0 Å². The van der Waals surface area contributed by atoms with Gasteiger partial charge < -0.3 is 9.53 Å². The van der Waals surface area contributed by atoms with Crippen molar-refractivity contribution < 1.29 is 14.3 Å². The van der Waals surface area contributed by atoms with E-state index in [2.05, 4.69) is 6.58 Å². The molecule has 0 saturated carbocycles. The van der Waals surface area contributed by atoms with Crippen LogP contribution in [0.15, 0.2) is 36.4 Å². The standard InChI is InChI=1S/C14H16O3/c1-10(2)14(16)17-13-8-6-12(7-9-13)5-4-11(3)15/h6-9H,1,4-5H2,2-3H3. The predicted molar refractivity (Wildman–Crippen MR) is 65.9 cm³/mol. The average molecular weight is 232 g/mol. The molecule has 0 heterocycles. The summed E-state index contributed by atoms with van der Waals surface area (Å²) in [7, 11) is 0. The zero-order chi connectivity index (χ0) is 12.8. The van der Waals surface area contributed by atoms with Crippen LogP contribution in [0.3, 0.4) is 0 Å². The van der Waals surface area contributed by atoms with Gasteiger partial charge in [-0.1, -0.05) is 18.7 Å². The number of hydrogen-bond donors (Lipinski definition) is 0. The van der Waals surface area contributed by atoms with Gasteiger partial charge in [-0.15, -0.1) is 0 Å². The van der Waals surface area contributed by atoms with Crippen LogP contribution >= 0.6 is 0 Å². The lowest BCUT2D eigenvalue weighted by atomic mass is 10.1. The third-order valence-electron chi connectivity index (χ3n) is 2.25. The number of ether oxygens (including phenoxy) is 1. The molecule has 0 aliphatic rings. The van der Waals surface area contributed by atoms with Gasteiger partial charge in [-0.3, -0.25) is 0 Å². The zero-order valence-electron chi connectivity index (χ0n) is 10.2. The lowest BCUT2D eigenvalue weighted by molar-refractivity contribution is -0.130. The van der Waals surface area contributed by atoms with Crippen LogP contribution in [0.5, 0.6) is 5.75 Å². The van der Waals surface area contributed by atoms with Crippen molar-refractivity contribution in [2.45, 2.75) is 26.7 Å². The lowest BCUT2D eigenvalue weighted by Crippen LogP contribution is -2.08. The largest absolute Gasteiger partial charge is 0.423 e. The first-order valence-corrected chi connectivity index (χ1v) is 5.45. The van der Waals surface area contributed by atoms with Crippen LogP contribution in [-0.4, -0.2) is 11.8 Å². The smallest absolute Gasteiger partial charge is 0.338 e. The third kappa shape index (κ3) is 4.64. The van der Waals surface area contributed by atoms with E-state index in [0.29, 0.717) is 24.2 Å². The minimum Gasteiger partial charge on any atom is -0.423 e. The quantitative estimate of drug-likeness (QED) is 0.445. The molecule has 1 rings (SSSR count). The lowest BCUT2D eigenvalue weighted by Gasteiger charge is -2.04. The Bertz CT molecular complexity index is 429. The molecular formula is C14H16O3.